The van der Waals surface area contributed by atoms with Gasteiger partial charge in [-0.1, -0.05) is 279 Å². The molecular formula is C70H82Br5ClMgN6O. The first-order chi connectivity index (χ1) is 40.2. The molecule has 3 heterocycles. The van der Waals surface area contributed by atoms with Gasteiger partial charge in [-0.3, -0.25) is 0 Å². The molecule has 0 bridgehead atoms. The topological polar surface area (TPSA) is 86.6 Å². The average Bonchev–Trinajstić information content (AvgIpc) is 3.63. The van der Waals surface area contributed by atoms with Crippen molar-refractivity contribution in [2.45, 2.75) is 168 Å². The second-order valence-electron chi connectivity index (χ2n) is 20.9. The van der Waals surface area contributed by atoms with Crippen LogP contribution in [0.4, 0.5) is 0 Å². The zero-order chi connectivity index (χ0) is 57.8. The molecule has 0 amide bonds. The van der Waals surface area contributed by atoms with E-state index in [1.165, 1.54) is 159 Å². The van der Waals surface area contributed by atoms with Crippen LogP contribution in [0.3, 0.4) is 0 Å². The Balaban J connectivity index is 0.000000277. The molecule has 0 saturated carbocycles. The SMILES string of the molecule is C1CCOC1.CCCCCCCCCCCCc1cc[c-]cc1.CCCCCCCCCCCCc1ccc(-c2nc(-c3ccc(Br)cc3)nc(-c3ccc(Br)cc3)n2)cc1.Clc1nc(-c2ccc(Br)cc2)nc(-c2ccc(Br)cc2)n1.[Br-].[Mg+2]. The van der Waals surface area contributed by atoms with Crippen LogP contribution in [-0.2, 0) is 17.6 Å². The van der Waals surface area contributed by atoms with Crippen LogP contribution in [0.5, 0.6) is 0 Å². The molecule has 6 aromatic carbocycles. The summed E-state index contributed by atoms with van der Waals surface area (Å²) >= 11 is 19.9. The number of rotatable bonds is 27. The van der Waals surface area contributed by atoms with Crippen LogP contribution >= 0.6 is 75.3 Å². The van der Waals surface area contributed by atoms with Gasteiger partial charge >= 0.3 is 23.1 Å². The van der Waals surface area contributed by atoms with Crippen molar-refractivity contribution in [3.05, 3.63) is 186 Å². The van der Waals surface area contributed by atoms with Crippen molar-refractivity contribution in [2.24, 2.45) is 0 Å². The average molecular weight is 1480 g/mol. The molecule has 7 nitrogen and oxygen atoms in total. The normalized spacial score (nSPS) is 11.4. The van der Waals surface area contributed by atoms with E-state index in [1.807, 2.05) is 109 Å². The number of benzene rings is 6. The summed E-state index contributed by atoms with van der Waals surface area (Å²) in [5.41, 5.74) is 7.57. The van der Waals surface area contributed by atoms with Crippen LogP contribution in [0.2, 0.25) is 5.28 Å². The van der Waals surface area contributed by atoms with E-state index in [2.05, 4.69) is 135 Å². The molecule has 0 spiro atoms. The number of unbranched alkanes of at least 4 members (excludes halogenated alkanes) is 18. The molecule has 8 aromatic rings. The molecule has 0 atom stereocenters. The van der Waals surface area contributed by atoms with Gasteiger partial charge in [0.1, 0.15) is 0 Å². The minimum absolute atomic E-state index is 0. The zero-order valence-corrected chi connectivity index (χ0v) is 59.4. The third-order valence-electron chi connectivity index (χ3n) is 14.1. The number of hydrogen-bond donors (Lipinski definition) is 0. The van der Waals surface area contributed by atoms with E-state index in [0.717, 1.165) is 65.3 Å². The van der Waals surface area contributed by atoms with E-state index in [0.29, 0.717) is 29.1 Å². The van der Waals surface area contributed by atoms with E-state index in [9.17, 15) is 0 Å². The summed E-state index contributed by atoms with van der Waals surface area (Å²) in [6.45, 7) is 6.56. The third-order valence-corrected chi connectivity index (χ3v) is 16.4. The maximum atomic E-state index is 6.03. The summed E-state index contributed by atoms with van der Waals surface area (Å²) in [5.74, 6) is 3.16. The molecule has 1 saturated heterocycles. The van der Waals surface area contributed by atoms with Gasteiger partial charge in [0.2, 0.25) is 5.28 Å². The first kappa shape index (κ1) is 73.2. The van der Waals surface area contributed by atoms with E-state index in [-0.39, 0.29) is 45.3 Å². The van der Waals surface area contributed by atoms with Crippen molar-refractivity contribution in [3.63, 3.8) is 0 Å². The van der Waals surface area contributed by atoms with Gasteiger partial charge in [0.05, 0.1) is 0 Å². The van der Waals surface area contributed by atoms with Gasteiger partial charge in [0.25, 0.3) is 0 Å². The van der Waals surface area contributed by atoms with E-state index in [4.69, 9.17) is 31.3 Å². The number of aryl methyl sites for hydroxylation is 2. The van der Waals surface area contributed by atoms with Gasteiger partial charge in [0.15, 0.2) is 29.1 Å². The van der Waals surface area contributed by atoms with Gasteiger partial charge in [-0.2, -0.15) is 45.9 Å². The fraction of sp³-hybridized carbons (Fsp3) is 0.400. The molecule has 9 rings (SSSR count). The molecule has 14 heteroatoms. The molecule has 1 aliphatic rings. The van der Waals surface area contributed by atoms with Gasteiger partial charge < -0.3 is 21.7 Å². The maximum Gasteiger partial charge on any atom is 2.00 e. The smallest absolute Gasteiger partial charge is 1.00 e. The van der Waals surface area contributed by atoms with Crippen LogP contribution in [-0.4, -0.2) is 66.2 Å². The Morgan fingerprint density at radius 2 is 0.607 bits per heavy atom. The first-order valence-corrected chi connectivity index (χ1v) is 33.6. The predicted octanol–water partition coefficient (Wildman–Crippen LogP) is 19.6. The Labute approximate surface area is 568 Å². The number of hydrogen-bond acceptors (Lipinski definition) is 7. The molecule has 0 aliphatic carbocycles. The Bertz CT molecular complexity index is 2840. The van der Waals surface area contributed by atoms with E-state index < -0.39 is 0 Å². The fourth-order valence-electron chi connectivity index (χ4n) is 9.32. The Kier molecular flexibility index (Phi) is 38.6. The number of aromatic nitrogens is 6. The standard InChI is InChI=1S/C33H37Br2N3.C18H29.C15H8Br2ClN3.C4H8O.BrH.Mg/c1-2-3-4-5-6-7-8-9-10-11-12-25-13-15-26(16-14-25)31-36-32(27-17-21-29(34)22-18-27)38-33(37-31)28-19-23-30(35)24-20-28;1-2-3-4-5-6-7-8-9-10-12-15-18-16-13-11-14-17-18;16-11-5-1-9(2-6-11)13-19-14(21-15(18)20-13)10-3-7-12(17)8-4-10;1-2-4-5-3-1;;/h13-24H,2-12H2,1H3;13-14,16-17H,2-10,12,15H2,1H3;1-8H;1-4H2;1H;/q;-1;;;;+2/p-1. The van der Waals surface area contributed by atoms with Crippen molar-refractivity contribution < 1.29 is 21.7 Å². The van der Waals surface area contributed by atoms with Crippen LogP contribution in [0, 0.1) is 6.07 Å². The largest absolute Gasteiger partial charge is 2.00 e. The van der Waals surface area contributed by atoms with Crippen molar-refractivity contribution in [1.29, 1.82) is 0 Å². The van der Waals surface area contributed by atoms with Gasteiger partial charge in [-0.05, 0) is 91.4 Å². The molecule has 0 radical (unpaired) electrons. The molecule has 0 unspecified atom stereocenters. The summed E-state index contributed by atoms with van der Waals surface area (Å²) in [4.78, 5) is 27.4. The van der Waals surface area contributed by atoms with E-state index in [1.54, 1.807) is 0 Å². The minimum atomic E-state index is 0. The second-order valence-corrected chi connectivity index (χ2v) is 24.9. The van der Waals surface area contributed by atoms with Crippen molar-refractivity contribution in [2.75, 3.05) is 13.2 Å². The van der Waals surface area contributed by atoms with Crippen molar-refractivity contribution in [3.8, 4) is 56.9 Å². The molecule has 442 valence electrons. The summed E-state index contributed by atoms with van der Waals surface area (Å²) < 4.78 is 9.00. The van der Waals surface area contributed by atoms with Crippen LogP contribution in [0.15, 0.2) is 163 Å². The predicted molar refractivity (Wildman–Crippen MR) is 365 cm³/mol. The van der Waals surface area contributed by atoms with Crippen molar-refractivity contribution in [1.82, 2.24) is 29.9 Å². The number of halogens is 6. The third kappa shape index (κ3) is 29.2. The van der Waals surface area contributed by atoms with Crippen LogP contribution < -0.4 is 17.0 Å². The summed E-state index contributed by atoms with van der Waals surface area (Å²) in [5, 5.41) is 0.181. The second kappa shape index (κ2) is 44.2. The Morgan fingerprint density at radius 1 is 0.357 bits per heavy atom. The summed E-state index contributed by atoms with van der Waals surface area (Å²) in [7, 11) is 0. The molecule has 2 aromatic heterocycles. The van der Waals surface area contributed by atoms with E-state index >= 15 is 0 Å². The quantitative estimate of drug-likeness (QED) is 0.0288. The van der Waals surface area contributed by atoms with Gasteiger partial charge in [0, 0.05) is 58.9 Å². The zero-order valence-electron chi connectivity index (χ0n) is 49.3. The number of nitrogens with zero attached hydrogens (tertiary/aromatic N) is 6. The van der Waals surface area contributed by atoms with Crippen LogP contribution in [0.1, 0.15) is 166 Å². The Morgan fingerprint density at radius 3 is 0.881 bits per heavy atom. The van der Waals surface area contributed by atoms with Crippen molar-refractivity contribution >= 4 is 98.4 Å². The number of ether oxygens (including phenoxy) is 1. The monoisotopic (exact) mass is 1480 g/mol. The maximum absolute atomic E-state index is 6.03. The molecule has 1 aliphatic heterocycles. The summed E-state index contributed by atoms with van der Waals surface area (Å²) in [6, 6.07) is 51.9. The molecule has 0 N–H and O–H groups in total. The van der Waals surface area contributed by atoms with Gasteiger partial charge in [-0.25, -0.2) is 19.9 Å². The van der Waals surface area contributed by atoms with Gasteiger partial charge in [-0.15, -0.1) is 0 Å². The summed E-state index contributed by atoms with van der Waals surface area (Å²) in [6.07, 6.45) is 32.8. The molecule has 1 fully saturated rings. The minimum Gasteiger partial charge on any atom is -1.00 e. The fourth-order valence-corrected chi connectivity index (χ4v) is 10.5. The Hall–Kier alpha value is -3.24. The molecule has 84 heavy (non-hydrogen) atoms. The van der Waals surface area contributed by atoms with Crippen LogP contribution in [0.25, 0.3) is 56.9 Å². The first-order valence-electron chi connectivity index (χ1n) is 30.0. The molecular weight excluding hydrogens is 1400 g/mol.